The molecule has 0 unspecified atom stereocenters. The predicted molar refractivity (Wildman–Crippen MR) is 129 cm³/mol. The van der Waals surface area contributed by atoms with Gasteiger partial charge in [0.1, 0.15) is 0 Å². The van der Waals surface area contributed by atoms with Gasteiger partial charge < -0.3 is 0 Å². The van der Waals surface area contributed by atoms with Gasteiger partial charge in [0, 0.05) is 0 Å². The van der Waals surface area contributed by atoms with E-state index in [1.54, 1.807) is 36.4 Å². The third-order valence-corrected chi connectivity index (χ3v) is 16.0. The van der Waals surface area contributed by atoms with Crippen LogP contribution in [-0.4, -0.2) is 0 Å². The lowest BCUT2D eigenvalue weighted by atomic mass is 10.3. The molecule has 0 spiro atoms. The van der Waals surface area contributed by atoms with E-state index in [0.717, 1.165) is 0 Å². The monoisotopic (exact) mass is 522 g/mol. The van der Waals surface area contributed by atoms with E-state index in [-0.39, 0.29) is 0 Å². The molecule has 0 saturated carbocycles. The zero-order valence-corrected chi connectivity index (χ0v) is 20.3. The molecule has 3 N–H and O–H groups in total. The highest BCUT2D eigenvalue weighted by Crippen LogP contribution is 2.84. The van der Waals surface area contributed by atoms with Crippen molar-refractivity contribution in [2.24, 2.45) is 0 Å². The quantitative estimate of drug-likeness (QED) is 0.287. The summed E-state index contributed by atoms with van der Waals surface area (Å²) in [4.78, 5) is 9.28. The summed E-state index contributed by atoms with van der Waals surface area (Å²) in [6.45, 7) is 0. The van der Waals surface area contributed by atoms with Crippen molar-refractivity contribution < 1.29 is 13.6 Å². The van der Waals surface area contributed by atoms with Crippen LogP contribution in [0.2, 0.25) is 0 Å². The van der Waals surface area contributed by atoms with Gasteiger partial charge in [-0.25, -0.2) is 0 Å². The molecule has 0 atom stereocenters. The molecule has 6 nitrogen and oxygen atoms in total. The second kappa shape index (κ2) is 9.30. The molecule has 1 fully saturated rings. The first-order valence-corrected chi connectivity index (χ1v) is 16.6. The molecule has 1 heterocycles. The molecule has 3 aromatic carbocycles. The molecular weight excluding hydrogens is 505 g/mol. The van der Waals surface area contributed by atoms with Gasteiger partial charge in [0.05, 0.1) is 14.6 Å². The van der Waals surface area contributed by atoms with E-state index in [1.807, 2.05) is 54.6 Å². The number of hydrogen-bond donors (Lipinski definition) is 3. The number of hydrogen-bond acceptors (Lipinski definition) is 6. The van der Waals surface area contributed by atoms with Crippen LogP contribution in [0.4, 0.5) is 0 Å². The first-order valence-electron chi connectivity index (χ1n) is 8.74. The van der Waals surface area contributed by atoms with Crippen LogP contribution in [0.15, 0.2) is 91.0 Å². The third-order valence-electron chi connectivity index (χ3n) is 3.69. The Morgan fingerprint density at radius 1 is 0.433 bits per heavy atom. The number of nitrogens with one attached hydrogen (secondary N) is 3. The van der Waals surface area contributed by atoms with Gasteiger partial charge in [0.15, 0.2) is 51.0 Å². The van der Waals surface area contributed by atoms with E-state index in [4.69, 9.17) is 47.3 Å². The van der Waals surface area contributed by atoms with E-state index >= 15 is 0 Å². The molecule has 0 aromatic heterocycles. The van der Waals surface area contributed by atoms with E-state index in [0.29, 0.717) is 17.2 Å². The molecule has 0 aliphatic carbocycles. The summed E-state index contributed by atoms with van der Waals surface area (Å²) < 4.78 is 18.2. The lowest BCUT2D eigenvalue weighted by Gasteiger charge is -2.29. The first-order chi connectivity index (χ1) is 14.4. The van der Waals surface area contributed by atoms with Crippen LogP contribution < -0.4 is 28.1 Å². The van der Waals surface area contributed by atoms with Crippen molar-refractivity contribution in [2.45, 2.75) is 0 Å². The molecule has 1 saturated heterocycles. The minimum absolute atomic E-state index is 0.550. The summed E-state index contributed by atoms with van der Waals surface area (Å²) in [5.41, 5.74) is 0. The van der Waals surface area contributed by atoms with Gasteiger partial charge in [-0.15, -0.1) is 0 Å². The average Bonchev–Trinajstić information content (AvgIpc) is 2.68. The Labute approximate surface area is 191 Å². The molecule has 0 radical (unpaired) electrons. The number of para-hydroxylation sites is 3. The maximum absolute atomic E-state index is 6.86. The van der Waals surface area contributed by atoms with Crippen molar-refractivity contribution >= 4 is 55.2 Å². The first kappa shape index (κ1) is 22.3. The maximum Gasteiger partial charge on any atom is 0.508 e. The topological polar surface area (TPSA) is 63.8 Å². The number of benzene rings is 3. The van der Waals surface area contributed by atoms with Crippen molar-refractivity contribution in [3.8, 4) is 17.2 Å². The second-order valence-corrected chi connectivity index (χ2v) is 16.5. The van der Waals surface area contributed by atoms with Crippen LogP contribution in [0.1, 0.15) is 0 Å². The molecule has 4 rings (SSSR count). The lowest BCUT2D eigenvalue weighted by molar-refractivity contribution is 0.554. The summed E-state index contributed by atoms with van der Waals surface area (Å²) in [7, 11) is -9.32. The van der Waals surface area contributed by atoms with Crippen molar-refractivity contribution in [1.82, 2.24) is 14.6 Å². The van der Waals surface area contributed by atoms with E-state index in [9.17, 15) is 0 Å². The zero-order valence-electron chi connectivity index (χ0n) is 15.4. The SMILES string of the molecule is Cl[P+]1(Oc2ccccc2)N[P+](Cl)(Oc2ccccc2)N[P+](Cl)(Oc2ccccc2)N1. The minimum atomic E-state index is -3.11. The van der Waals surface area contributed by atoms with E-state index in [1.165, 1.54) is 0 Å². The summed E-state index contributed by atoms with van der Waals surface area (Å²) >= 11 is 20.6. The van der Waals surface area contributed by atoms with Crippen LogP contribution in [-0.2, 0) is 0 Å². The molecule has 12 heteroatoms. The van der Waals surface area contributed by atoms with Gasteiger partial charge in [-0.3, -0.25) is 13.6 Å². The Morgan fingerprint density at radius 2 is 0.667 bits per heavy atom. The summed E-state index contributed by atoms with van der Waals surface area (Å²) in [6.07, 6.45) is 0. The third kappa shape index (κ3) is 5.87. The smallest absolute Gasteiger partial charge is 0.286 e. The average molecular weight is 524 g/mol. The maximum atomic E-state index is 6.86. The number of halogens is 3. The van der Waals surface area contributed by atoms with Gasteiger partial charge >= 0.3 is 21.4 Å². The molecule has 3 aromatic rings. The fourth-order valence-corrected chi connectivity index (χ4v) is 18.0. The largest absolute Gasteiger partial charge is 0.508 e. The van der Waals surface area contributed by atoms with Crippen LogP contribution >= 0.6 is 55.2 Å². The van der Waals surface area contributed by atoms with Crippen molar-refractivity contribution in [3.05, 3.63) is 91.0 Å². The fourth-order valence-electron chi connectivity index (χ4n) is 2.57. The lowest BCUT2D eigenvalue weighted by Crippen LogP contribution is -2.42. The highest BCUT2D eigenvalue weighted by atomic mass is 35.7. The van der Waals surface area contributed by atoms with Crippen LogP contribution in [0, 0.1) is 0 Å². The Bertz CT molecular complexity index is 843. The van der Waals surface area contributed by atoms with Crippen molar-refractivity contribution in [2.75, 3.05) is 0 Å². The molecule has 0 amide bonds. The van der Waals surface area contributed by atoms with Gasteiger partial charge in [-0.2, -0.15) is 0 Å². The summed E-state index contributed by atoms with van der Waals surface area (Å²) in [6, 6.07) is 27.4. The molecule has 30 heavy (non-hydrogen) atoms. The van der Waals surface area contributed by atoms with Gasteiger partial charge in [-0.05, 0) is 36.4 Å². The van der Waals surface area contributed by atoms with Gasteiger partial charge in [-0.1, -0.05) is 54.6 Å². The van der Waals surface area contributed by atoms with E-state index < -0.39 is 21.4 Å². The molecule has 1 aliphatic heterocycles. The molecule has 156 valence electrons. The predicted octanol–water partition coefficient (Wildman–Crippen LogP) is 7.76. The van der Waals surface area contributed by atoms with Crippen LogP contribution in [0.3, 0.4) is 0 Å². The van der Waals surface area contributed by atoms with Gasteiger partial charge in [0.2, 0.25) is 0 Å². The van der Waals surface area contributed by atoms with Crippen molar-refractivity contribution in [3.63, 3.8) is 0 Å². The standard InChI is InChI=1S/C18H18Cl3N3O3P3/c19-28(25-16-10-4-1-5-11-16)22-29(20,26-17-12-6-2-7-13-17)24-30(21,23-28)27-18-14-8-3-9-15-18/h1-15,22-24H/q+3. The van der Waals surface area contributed by atoms with Crippen LogP contribution in [0.5, 0.6) is 17.2 Å². The Kier molecular flexibility index (Phi) is 6.91. The van der Waals surface area contributed by atoms with E-state index in [2.05, 4.69) is 14.6 Å². The second-order valence-electron chi connectivity index (χ2n) is 6.11. The van der Waals surface area contributed by atoms with Gasteiger partial charge in [0.25, 0.3) is 0 Å². The molecule has 0 bridgehead atoms. The highest BCUT2D eigenvalue weighted by Gasteiger charge is 2.78. The zero-order chi connectivity index (χ0) is 21.1. The van der Waals surface area contributed by atoms with Crippen LogP contribution in [0.25, 0.3) is 0 Å². The fraction of sp³-hybridized carbons (Fsp3) is 0. The Balaban J connectivity index is 1.64. The highest BCUT2D eigenvalue weighted by molar-refractivity contribution is 8.17. The Hall–Kier alpha value is -0.900. The normalized spacial score (nSPS) is 28.5. The number of rotatable bonds is 6. The minimum Gasteiger partial charge on any atom is -0.286 e. The molecular formula is C18H18Cl3N3O3P3+3. The molecule has 1 aliphatic rings. The Morgan fingerprint density at radius 3 is 0.900 bits per heavy atom. The summed E-state index contributed by atoms with van der Waals surface area (Å²) in [5.74, 6) is 1.65. The van der Waals surface area contributed by atoms with Crippen molar-refractivity contribution in [1.29, 1.82) is 0 Å². The summed E-state index contributed by atoms with van der Waals surface area (Å²) in [5, 5.41) is 0.